The first-order chi connectivity index (χ1) is 13.5. The highest BCUT2D eigenvalue weighted by Gasteiger charge is 2.24. The van der Waals surface area contributed by atoms with Crippen LogP contribution in [0.3, 0.4) is 0 Å². The van der Waals surface area contributed by atoms with Crippen LogP contribution in [0.4, 0.5) is 17.2 Å². The standard InChI is InChI=1S/C21H25N4O2P/c1-3-12-28(26,27-4-2)19-10-8-18(9-11-19)25-21-14-20(23-15-24-21)16-6-5-7-17(22)13-16/h5-11,13-15H,3-4,12,22H2,1-2H3,(H,23,24,25). The van der Waals surface area contributed by atoms with E-state index in [2.05, 4.69) is 15.3 Å². The van der Waals surface area contributed by atoms with E-state index in [1.807, 2.05) is 68.4 Å². The van der Waals surface area contributed by atoms with E-state index in [0.717, 1.165) is 28.7 Å². The number of anilines is 3. The second kappa shape index (κ2) is 9.00. The van der Waals surface area contributed by atoms with Crippen molar-refractivity contribution in [2.24, 2.45) is 0 Å². The number of rotatable bonds is 8. The Morgan fingerprint density at radius 2 is 1.86 bits per heavy atom. The molecule has 7 heteroatoms. The maximum absolute atomic E-state index is 13.0. The summed E-state index contributed by atoms with van der Waals surface area (Å²) in [5.41, 5.74) is 9.10. The molecule has 146 valence electrons. The molecule has 1 heterocycles. The molecule has 1 unspecified atom stereocenters. The Morgan fingerprint density at radius 3 is 2.54 bits per heavy atom. The molecule has 2 aromatic carbocycles. The van der Waals surface area contributed by atoms with Crippen molar-refractivity contribution >= 4 is 29.9 Å². The Kier molecular flexibility index (Phi) is 6.45. The van der Waals surface area contributed by atoms with E-state index in [0.29, 0.717) is 24.3 Å². The molecule has 0 bridgehead atoms. The number of nitrogens with one attached hydrogen (secondary N) is 1. The smallest absolute Gasteiger partial charge is 0.232 e. The Hall–Kier alpha value is -2.69. The molecule has 0 saturated heterocycles. The van der Waals surface area contributed by atoms with Crippen LogP contribution < -0.4 is 16.4 Å². The minimum atomic E-state index is -2.79. The first-order valence-corrected chi connectivity index (χ1v) is 11.1. The van der Waals surface area contributed by atoms with Gasteiger partial charge in [0.05, 0.1) is 12.3 Å². The number of nitrogen functional groups attached to an aromatic ring is 1. The van der Waals surface area contributed by atoms with Gasteiger partial charge in [-0.1, -0.05) is 19.1 Å². The molecule has 3 rings (SSSR count). The second-order valence-electron chi connectivity index (χ2n) is 6.40. The van der Waals surface area contributed by atoms with Crippen molar-refractivity contribution in [1.82, 2.24) is 9.97 Å². The number of aromatic nitrogens is 2. The van der Waals surface area contributed by atoms with Crippen molar-refractivity contribution in [1.29, 1.82) is 0 Å². The first-order valence-electron chi connectivity index (χ1n) is 9.33. The van der Waals surface area contributed by atoms with E-state index in [4.69, 9.17) is 10.3 Å². The summed E-state index contributed by atoms with van der Waals surface area (Å²) in [6.07, 6.45) is 2.87. The second-order valence-corrected chi connectivity index (χ2v) is 8.97. The van der Waals surface area contributed by atoms with Crippen LogP contribution in [0.25, 0.3) is 11.3 Å². The summed E-state index contributed by atoms with van der Waals surface area (Å²) >= 11 is 0. The number of hydrogen-bond donors (Lipinski definition) is 2. The first kappa shape index (κ1) is 20.1. The molecule has 0 radical (unpaired) electrons. The molecule has 0 fully saturated rings. The summed E-state index contributed by atoms with van der Waals surface area (Å²) in [6.45, 7) is 4.31. The van der Waals surface area contributed by atoms with Crippen LogP contribution in [-0.2, 0) is 9.09 Å². The zero-order valence-corrected chi connectivity index (χ0v) is 17.0. The average Bonchev–Trinajstić information content (AvgIpc) is 2.69. The van der Waals surface area contributed by atoms with E-state index >= 15 is 0 Å². The molecule has 0 spiro atoms. The molecule has 3 N–H and O–H groups in total. The van der Waals surface area contributed by atoms with Crippen LogP contribution >= 0.6 is 7.37 Å². The Balaban J connectivity index is 1.79. The van der Waals surface area contributed by atoms with Crippen LogP contribution in [0.1, 0.15) is 20.3 Å². The predicted octanol–water partition coefficient (Wildman–Crippen LogP) is 4.82. The highest BCUT2D eigenvalue weighted by Crippen LogP contribution is 2.46. The molecule has 0 aliphatic heterocycles. The zero-order chi connectivity index (χ0) is 20.0. The van der Waals surface area contributed by atoms with Gasteiger partial charge in [-0.05, 0) is 49.7 Å². The third kappa shape index (κ3) is 4.77. The van der Waals surface area contributed by atoms with Gasteiger partial charge in [-0.2, -0.15) is 0 Å². The van der Waals surface area contributed by atoms with Gasteiger partial charge in [-0.15, -0.1) is 0 Å². The van der Waals surface area contributed by atoms with Gasteiger partial charge in [0, 0.05) is 34.5 Å². The van der Waals surface area contributed by atoms with Gasteiger partial charge in [-0.25, -0.2) is 9.97 Å². The topological polar surface area (TPSA) is 90.1 Å². The maximum Gasteiger partial charge on any atom is 0.232 e. The fourth-order valence-electron chi connectivity index (χ4n) is 2.97. The Morgan fingerprint density at radius 1 is 1.07 bits per heavy atom. The highest BCUT2D eigenvalue weighted by molar-refractivity contribution is 7.67. The minimum absolute atomic E-state index is 0.436. The lowest BCUT2D eigenvalue weighted by Gasteiger charge is -2.18. The lowest BCUT2D eigenvalue weighted by Crippen LogP contribution is -2.10. The van der Waals surface area contributed by atoms with Gasteiger partial charge in [-0.3, -0.25) is 4.57 Å². The van der Waals surface area contributed by atoms with Crippen molar-refractivity contribution in [3.63, 3.8) is 0 Å². The van der Waals surface area contributed by atoms with Crippen LogP contribution in [0.15, 0.2) is 60.9 Å². The van der Waals surface area contributed by atoms with Gasteiger partial charge in [0.1, 0.15) is 12.1 Å². The van der Waals surface area contributed by atoms with Crippen LogP contribution in [-0.4, -0.2) is 22.7 Å². The van der Waals surface area contributed by atoms with Crippen molar-refractivity contribution in [3.05, 3.63) is 60.9 Å². The summed E-state index contributed by atoms with van der Waals surface area (Å²) in [6, 6.07) is 16.9. The molecule has 0 aliphatic carbocycles. The predicted molar refractivity (Wildman–Crippen MR) is 116 cm³/mol. The molecule has 0 amide bonds. The van der Waals surface area contributed by atoms with Crippen molar-refractivity contribution in [2.45, 2.75) is 20.3 Å². The van der Waals surface area contributed by atoms with Gasteiger partial charge in [0.2, 0.25) is 7.37 Å². The van der Waals surface area contributed by atoms with Crippen molar-refractivity contribution in [3.8, 4) is 11.3 Å². The third-order valence-electron chi connectivity index (χ3n) is 4.24. The number of nitrogens with two attached hydrogens (primary N) is 1. The molecular formula is C21H25N4O2P. The van der Waals surface area contributed by atoms with E-state index in [9.17, 15) is 4.57 Å². The molecule has 1 aromatic heterocycles. The lowest BCUT2D eigenvalue weighted by molar-refractivity contribution is 0.340. The van der Waals surface area contributed by atoms with Gasteiger partial charge in [0.25, 0.3) is 0 Å². The molecular weight excluding hydrogens is 371 g/mol. The molecule has 3 aromatic rings. The highest BCUT2D eigenvalue weighted by atomic mass is 31.2. The van der Waals surface area contributed by atoms with E-state index in [1.54, 1.807) is 0 Å². The minimum Gasteiger partial charge on any atom is -0.399 e. The Labute approximate surface area is 165 Å². The van der Waals surface area contributed by atoms with E-state index in [1.165, 1.54) is 6.33 Å². The molecule has 1 atom stereocenters. The Bertz CT molecular complexity index is 966. The maximum atomic E-state index is 13.0. The van der Waals surface area contributed by atoms with E-state index < -0.39 is 7.37 Å². The zero-order valence-electron chi connectivity index (χ0n) is 16.1. The summed E-state index contributed by atoms with van der Waals surface area (Å²) in [5, 5.41) is 4.00. The molecule has 6 nitrogen and oxygen atoms in total. The summed E-state index contributed by atoms with van der Waals surface area (Å²) in [5.74, 6) is 0.668. The lowest BCUT2D eigenvalue weighted by atomic mass is 10.1. The van der Waals surface area contributed by atoms with E-state index in [-0.39, 0.29) is 0 Å². The average molecular weight is 396 g/mol. The van der Waals surface area contributed by atoms with Crippen molar-refractivity contribution < 1.29 is 9.09 Å². The normalized spacial score (nSPS) is 13.1. The van der Waals surface area contributed by atoms with Crippen LogP contribution in [0.2, 0.25) is 0 Å². The molecule has 28 heavy (non-hydrogen) atoms. The van der Waals surface area contributed by atoms with Gasteiger partial charge >= 0.3 is 0 Å². The summed E-state index contributed by atoms with van der Waals surface area (Å²) in [7, 11) is -2.79. The number of benzene rings is 2. The van der Waals surface area contributed by atoms with Gasteiger partial charge in [0.15, 0.2) is 0 Å². The van der Waals surface area contributed by atoms with Crippen LogP contribution in [0.5, 0.6) is 0 Å². The monoisotopic (exact) mass is 396 g/mol. The van der Waals surface area contributed by atoms with Crippen molar-refractivity contribution in [2.75, 3.05) is 23.8 Å². The number of nitrogens with zero attached hydrogens (tertiary/aromatic N) is 2. The fraction of sp³-hybridized carbons (Fsp3) is 0.238. The SMILES string of the molecule is CCCP(=O)(OCC)c1ccc(Nc2cc(-c3cccc(N)c3)ncn2)cc1. The van der Waals surface area contributed by atoms with Crippen LogP contribution in [0, 0.1) is 0 Å². The van der Waals surface area contributed by atoms with Gasteiger partial charge < -0.3 is 15.6 Å². The summed E-state index contributed by atoms with van der Waals surface area (Å²) in [4.78, 5) is 8.60. The fourth-order valence-corrected chi connectivity index (χ4v) is 5.12. The number of hydrogen-bond acceptors (Lipinski definition) is 6. The summed E-state index contributed by atoms with van der Waals surface area (Å²) < 4.78 is 18.6. The third-order valence-corrected chi connectivity index (χ3v) is 7.03. The quantitative estimate of drug-likeness (QED) is 0.419. The molecule has 0 saturated carbocycles. The molecule has 0 aliphatic rings. The largest absolute Gasteiger partial charge is 0.399 e.